The minimum absolute atomic E-state index is 0.201. The Kier molecular flexibility index (Phi) is 5.41. The van der Waals surface area contributed by atoms with Gasteiger partial charge in [0, 0.05) is 16.8 Å². The second kappa shape index (κ2) is 8.55. The number of ether oxygens (including phenoxy) is 2. The summed E-state index contributed by atoms with van der Waals surface area (Å²) in [6.45, 7) is 7.70. The van der Waals surface area contributed by atoms with E-state index in [4.69, 9.17) is 19.6 Å². The predicted octanol–water partition coefficient (Wildman–Crippen LogP) is 3.05. The van der Waals surface area contributed by atoms with Crippen LogP contribution in [0.3, 0.4) is 0 Å². The summed E-state index contributed by atoms with van der Waals surface area (Å²) in [6.07, 6.45) is 1.88. The molecule has 0 saturated heterocycles. The SMILES string of the molecule is CCOC(=O)[C@@H]1[C@@H]2c3ccccc3O[C@]1(C)N=c1s/c(=C/c3c(C)nn(-c4ccccc4)c3C)c(=O)n12. The normalized spacial score (nSPS) is 22.0. The molecule has 0 aliphatic carbocycles. The molecule has 9 heteroatoms. The van der Waals surface area contributed by atoms with Gasteiger partial charge in [0.15, 0.2) is 4.80 Å². The second-order valence-electron chi connectivity index (χ2n) is 9.38. The van der Waals surface area contributed by atoms with Crippen molar-refractivity contribution in [1.29, 1.82) is 0 Å². The van der Waals surface area contributed by atoms with Crippen LogP contribution in [-0.4, -0.2) is 32.6 Å². The molecule has 4 heterocycles. The largest absolute Gasteiger partial charge is 0.466 e. The number of hydrogen-bond acceptors (Lipinski definition) is 7. The molecule has 0 radical (unpaired) electrons. The lowest BCUT2D eigenvalue weighted by Gasteiger charge is -2.44. The fourth-order valence-electron chi connectivity index (χ4n) is 5.35. The number of thiazole rings is 1. The van der Waals surface area contributed by atoms with Crippen molar-refractivity contribution in [2.75, 3.05) is 6.61 Å². The van der Waals surface area contributed by atoms with Crippen molar-refractivity contribution in [2.45, 2.75) is 39.5 Å². The van der Waals surface area contributed by atoms with Crippen LogP contribution < -0.4 is 19.6 Å². The van der Waals surface area contributed by atoms with Crippen LogP contribution in [0.4, 0.5) is 0 Å². The van der Waals surface area contributed by atoms with E-state index in [1.807, 2.05) is 79.2 Å². The zero-order valence-electron chi connectivity index (χ0n) is 21.0. The Bertz CT molecular complexity index is 1720. The molecule has 2 aromatic carbocycles. The van der Waals surface area contributed by atoms with Crippen molar-refractivity contribution in [3.05, 3.63) is 96.8 Å². The monoisotopic (exact) mass is 514 g/mol. The van der Waals surface area contributed by atoms with E-state index >= 15 is 0 Å². The van der Waals surface area contributed by atoms with E-state index in [-0.39, 0.29) is 12.2 Å². The molecule has 8 nitrogen and oxygen atoms in total. The molecule has 2 bridgehead atoms. The Morgan fingerprint density at radius 1 is 1.16 bits per heavy atom. The van der Waals surface area contributed by atoms with Crippen LogP contribution in [-0.2, 0) is 9.53 Å². The molecule has 2 aliphatic rings. The summed E-state index contributed by atoms with van der Waals surface area (Å²) in [5, 5.41) is 4.71. The molecular weight excluding hydrogens is 488 g/mol. The third kappa shape index (κ3) is 3.56. The number of esters is 1. The zero-order valence-corrected chi connectivity index (χ0v) is 21.8. The van der Waals surface area contributed by atoms with E-state index in [2.05, 4.69) is 0 Å². The Morgan fingerprint density at radius 3 is 2.65 bits per heavy atom. The van der Waals surface area contributed by atoms with Gasteiger partial charge in [-0.25, -0.2) is 9.67 Å². The number of carbonyl (C=O) groups is 1. The summed E-state index contributed by atoms with van der Waals surface area (Å²) < 4.78 is 15.7. The summed E-state index contributed by atoms with van der Waals surface area (Å²) in [5.41, 5.74) is 2.96. The van der Waals surface area contributed by atoms with Gasteiger partial charge in [0.2, 0.25) is 5.72 Å². The van der Waals surface area contributed by atoms with Gasteiger partial charge in [-0.05, 0) is 52.0 Å². The third-order valence-corrected chi connectivity index (χ3v) is 8.03. The number of benzene rings is 2. The van der Waals surface area contributed by atoms with Crippen LogP contribution in [0.15, 0.2) is 64.4 Å². The van der Waals surface area contributed by atoms with Gasteiger partial charge in [0.05, 0.1) is 28.6 Å². The van der Waals surface area contributed by atoms with Gasteiger partial charge in [-0.3, -0.25) is 14.2 Å². The topological polar surface area (TPSA) is 87.7 Å². The molecule has 4 aromatic rings. The van der Waals surface area contributed by atoms with E-state index in [1.54, 1.807) is 18.4 Å². The Balaban J connectivity index is 1.56. The average Bonchev–Trinajstić information content (AvgIpc) is 3.33. The quantitative estimate of drug-likeness (QED) is 0.391. The number of fused-ring (bicyclic) bond motifs is 6. The number of hydrogen-bond donors (Lipinski definition) is 0. The molecule has 3 atom stereocenters. The van der Waals surface area contributed by atoms with Crippen molar-refractivity contribution in [2.24, 2.45) is 10.9 Å². The molecule has 188 valence electrons. The highest BCUT2D eigenvalue weighted by molar-refractivity contribution is 7.07. The highest BCUT2D eigenvalue weighted by Crippen LogP contribution is 2.47. The lowest BCUT2D eigenvalue weighted by Crippen LogP contribution is -2.58. The lowest BCUT2D eigenvalue weighted by atomic mass is 9.81. The van der Waals surface area contributed by atoms with Gasteiger partial charge >= 0.3 is 5.97 Å². The fourth-order valence-corrected chi connectivity index (χ4v) is 6.43. The van der Waals surface area contributed by atoms with Crippen LogP contribution in [0.1, 0.15) is 42.4 Å². The van der Waals surface area contributed by atoms with Crippen LogP contribution in [0, 0.1) is 19.8 Å². The van der Waals surface area contributed by atoms with Crippen molar-refractivity contribution >= 4 is 23.4 Å². The summed E-state index contributed by atoms with van der Waals surface area (Å²) in [6, 6.07) is 16.8. The van der Waals surface area contributed by atoms with Crippen LogP contribution >= 0.6 is 11.3 Å². The van der Waals surface area contributed by atoms with E-state index in [1.165, 1.54) is 11.3 Å². The highest BCUT2D eigenvalue weighted by Gasteiger charge is 2.55. The van der Waals surface area contributed by atoms with Crippen molar-refractivity contribution in [3.8, 4) is 11.4 Å². The summed E-state index contributed by atoms with van der Waals surface area (Å²) in [7, 11) is 0. The van der Waals surface area contributed by atoms with Crippen LogP contribution in [0.2, 0.25) is 0 Å². The predicted molar refractivity (Wildman–Crippen MR) is 140 cm³/mol. The van der Waals surface area contributed by atoms with Gasteiger partial charge in [0.25, 0.3) is 5.56 Å². The third-order valence-electron chi connectivity index (χ3n) is 7.04. The maximum Gasteiger partial charge on any atom is 0.317 e. The molecular formula is C28H26N4O4S. The zero-order chi connectivity index (χ0) is 25.9. The van der Waals surface area contributed by atoms with E-state index in [9.17, 15) is 9.59 Å². The van der Waals surface area contributed by atoms with Crippen LogP contribution in [0.5, 0.6) is 5.75 Å². The minimum atomic E-state index is -1.19. The standard InChI is InChI=1S/C28H26N4O4S/c1-5-35-26(34)23-24-19-13-9-10-14-21(19)36-28(23,4)29-27-31(24)25(33)22(37-27)15-20-16(2)30-32(17(20)3)18-11-7-6-8-12-18/h6-15,23-24H,5H2,1-4H3/b22-15+/t23-,24-,28-/m0/s1. The fraction of sp³-hybridized carbons (Fsp3) is 0.286. The molecule has 0 fully saturated rings. The van der Waals surface area contributed by atoms with Gasteiger partial charge in [-0.15, -0.1) is 0 Å². The number of rotatable bonds is 4. The van der Waals surface area contributed by atoms with Crippen molar-refractivity contribution in [1.82, 2.24) is 14.3 Å². The maximum absolute atomic E-state index is 13.9. The Hall–Kier alpha value is -3.98. The number of aromatic nitrogens is 3. The van der Waals surface area contributed by atoms with Gasteiger partial charge in [-0.2, -0.15) is 5.10 Å². The number of para-hydroxylation sites is 2. The van der Waals surface area contributed by atoms with Gasteiger partial charge in [-0.1, -0.05) is 47.7 Å². The molecule has 0 amide bonds. The molecule has 0 saturated carbocycles. The molecule has 6 rings (SSSR count). The first-order valence-electron chi connectivity index (χ1n) is 12.2. The summed E-state index contributed by atoms with van der Waals surface area (Å²) in [4.78, 5) is 32.4. The van der Waals surface area contributed by atoms with Crippen LogP contribution in [0.25, 0.3) is 11.8 Å². The Labute approximate surface area is 217 Å². The first kappa shape index (κ1) is 23.4. The molecule has 2 aromatic heterocycles. The van der Waals surface area contributed by atoms with E-state index < -0.39 is 23.7 Å². The van der Waals surface area contributed by atoms with Gasteiger partial charge < -0.3 is 9.47 Å². The summed E-state index contributed by atoms with van der Waals surface area (Å²) in [5.74, 6) is -0.609. The molecule has 0 N–H and O–H groups in total. The minimum Gasteiger partial charge on any atom is -0.466 e. The number of nitrogens with zero attached hydrogens (tertiary/aromatic N) is 4. The molecule has 0 spiro atoms. The van der Waals surface area contributed by atoms with Crippen molar-refractivity contribution < 1.29 is 14.3 Å². The van der Waals surface area contributed by atoms with E-state index in [0.29, 0.717) is 15.1 Å². The molecule has 2 aliphatic heterocycles. The smallest absolute Gasteiger partial charge is 0.317 e. The lowest BCUT2D eigenvalue weighted by molar-refractivity contribution is -0.160. The first-order valence-corrected chi connectivity index (χ1v) is 13.0. The highest BCUT2D eigenvalue weighted by atomic mass is 32.1. The number of carbonyl (C=O) groups excluding carboxylic acids is 1. The maximum atomic E-state index is 13.9. The first-order chi connectivity index (χ1) is 17.8. The molecule has 0 unspecified atom stereocenters. The van der Waals surface area contributed by atoms with Gasteiger partial charge in [0.1, 0.15) is 11.7 Å². The Morgan fingerprint density at radius 2 is 1.89 bits per heavy atom. The van der Waals surface area contributed by atoms with Crippen molar-refractivity contribution in [3.63, 3.8) is 0 Å². The van der Waals surface area contributed by atoms with E-state index in [0.717, 1.165) is 28.2 Å². The average molecular weight is 515 g/mol. The second-order valence-corrected chi connectivity index (χ2v) is 10.4. The number of aryl methyl sites for hydroxylation is 1. The summed E-state index contributed by atoms with van der Waals surface area (Å²) >= 11 is 1.30. The molecule has 37 heavy (non-hydrogen) atoms.